The van der Waals surface area contributed by atoms with Crippen LogP contribution in [0, 0.1) is 23.5 Å². The molecular weight excluding hydrogens is 322 g/mol. The van der Waals surface area contributed by atoms with Crippen LogP contribution in [0.4, 0.5) is 8.78 Å². The zero-order chi connectivity index (χ0) is 17.2. The SMILES string of the molecule is CC(C)[C@H](NC[C@@H]1CCN(S(C)(=O)=O)C1)c1ccc(F)c(F)c1. The Morgan fingerprint density at radius 3 is 2.52 bits per heavy atom. The summed E-state index contributed by atoms with van der Waals surface area (Å²) in [5, 5.41) is 3.39. The minimum absolute atomic E-state index is 0.0996. The highest BCUT2D eigenvalue weighted by molar-refractivity contribution is 7.88. The Morgan fingerprint density at radius 2 is 2.00 bits per heavy atom. The molecule has 0 bridgehead atoms. The van der Waals surface area contributed by atoms with Crippen molar-refractivity contribution in [2.24, 2.45) is 11.8 Å². The second kappa shape index (κ2) is 7.23. The van der Waals surface area contributed by atoms with Crippen LogP contribution in [0.5, 0.6) is 0 Å². The van der Waals surface area contributed by atoms with E-state index in [4.69, 9.17) is 0 Å². The molecule has 1 aliphatic heterocycles. The average Bonchev–Trinajstić information content (AvgIpc) is 2.91. The van der Waals surface area contributed by atoms with Crippen LogP contribution >= 0.6 is 0 Å². The normalized spacial score (nSPS) is 21.0. The first-order chi connectivity index (χ1) is 10.7. The lowest BCUT2D eigenvalue weighted by molar-refractivity contribution is 0.368. The topological polar surface area (TPSA) is 49.4 Å². The molecule has 1 aromatic carbocycles. The maximum Gasteiger partial charge on any atom is 0.211 e. The molecule has 2 rings (SSSR count). The summed E-state index contributed by atoms with van der Waals surface area (Å²) in [5.74, 6) is -1.27. The van der Waals surface area contributed by atoms with Gasteiger partial charge < -0.3 is 5.32 Å². The van der Waals surface area contributed by atoms with E-state index in [1.807, 2.05) is 13.8 Å². The average molecular weight is 346 g/mol. The van der Waals surface area contributed by atoms with Crippen molar-refractivity contribution in [2.75, 3.05) is 25.9 Å². The first-order valence-electron chi connectivity index (χ1n) is 7.82. The summed E-state index contributed by atoms with van der Waals surface area (Å²) in [6.07, 6.45) is 2.03. The fourth-order valence-corrected chi connectivity index (χ4v) is 3.92. The molecule has 23 heavy (non-hydrogen) atoms. The summed E-state index contributed by atoms with van der Waals surface area (Å²) in [5.41, 5.74) is 0.705. The predicted octanol–water partition coefficient (Wildman–Crippen LogP) is 2.53. The molecule has 2 atom stereocenters. The van der Waals surface area contributed by atoms with Crippen molar-refractivity contribution in [2.45, 2.75) is 26.3 Å². The molecule has 1 aromatic rings. The van der Waals surface area contributed by atoms with Crippen LogP contribution in [0.3, 0.4) is 0 Å². The van der Waals surface area contributed by atoms with Gasteiger partial charge in [-0.25, -0.2) is 21.5 Å². The Labute approximate surface area is 136 Å². The van der Waals surface area contributed by atoms with Gasteiger partial charge in [-0.15, -0.1) is 0 Å². The molecule has 1 fully saturated rings. The molecule has 0 aromatic heterocycles. The van der Waals surface area contributed by atoms with Crippen LogP contribution < -0.4 is 5.32 Å². The smallest absolute Gasteiger partial charge is 0.211 e. The van der Waals surface area contributed by atoms with Gasteiger partial charge in [-0.05, 0) is 42.5 Å². The van der Waals surface area contributed by atoms with E-state index in [9.17, 15) is 17.2 Å². The third-order valence-corrected chi connectivity index (χ3v) is 5.58. The number of hydrogen-bond acceptors (Lipinski definition) is 3. The molecule has 7 heteroatoms. The van der Waals surface area contributed by atoms with E-state index in [1.165, 1.54) is 16.6 Å². The molecule has 1 heterocycles. The molecule has 1 aliphatic rings. The van der Waals surface area contributed by atoms with E-state index in [2.05, 4.69) is 5.32 Å². The van der Waals surface area contributed by atoms with Gasteiger partial charge >= 0.3 is 0 Å². The lowest BCUT2D eigenvalue weighted by Crippen LogP contribution is -2.33. The van der Waals surface area contributed by atoms with E-state index < -0.39 is 21.7 Å². The first-order valence-corrected chi connectivity index (χ1v) is 9.66. The fourth-order valence-electron chi connectivity index (χ4n) is 3.00. The zero-order valence-electron chi connectivity index (χ0n) is 13.7. The highest BCUT2D eigenvalue weighted by atomic mass is 32.2. The van der Waals surface area contributed by atoms with Crippen LogP contribution in [0.1, 0.15) is 31.9 Å². The monoisotopic (exact) mass is 346 g/mol. The van der Waals surface area contributed by atoms with Crippen LogP contribution in [0.2, 0.25) is 0 Å². The third-order valence-electron chi connectivity index (χ3n) is 4.31. The molecular formula is C16H24F2N2O2S. The van der Waals surface area contributed by atoms with Gasteiger partial charge in [0.15, 0.2) is 11.6 Å². The highest BCUT2D eigenvalue weighted by Gasteiger charge is 2.29. The van der Waals surface area contributed by atoms with Crippen molar-refractivity contribution in [3.8, 4) is 0 Å². The lowest BCUT2D eigenvalue weighted by Gasteiger charge is -2.25. The van der Waals surface area contributed by atoms with Gasteiger partial charge in [-0.3, -0.25) is 0 Å². The molecule has 1 saturated heterocycles. The van der Waals surface area contributed by atoms with Crippen LogP contribution in [-0.4, -0.2) is 38.6 Å². The van der Waals surface area contributed by atoms with Gasteiger partial charge in [0.1, 0.15) is 0 Å². The van der Waals surface area contributed by atoms with Crippen molar-refractivity contribution in [3.05, 3.63) is 35.4 Å². The van der Waals surface area contributed by atoms with E-state index in [0.717, 1.165) is 12.5 Å². The van der Waals surface area contributed by atoms with Crippen LogP contribution in [-0.2, 0) is 10.0 Å². The van der Waals surface area contributed by atoms with E-state index in [-0.39, 0.29) is 17.9 Å². The summed E-state index contributed by atoms with van der Waals surface area (Å²) < 4.78 is 51.1. The van der Waals surface area contributed by atoms with E-state index >= 15 is 0 Å². The van der Waals surface area contributed by atoms with Gasteiger partial charge in [0, 0.05) is 19.1 Å². The van der Waals surface area contributed by atoms with Crippen molar-refractivity contribution in [3.63, 3.8) is 0 Å². The largest absolute Gasteiger partial charge is 0.309 e. The molecule has 4 nitrogen and oxygen atoms in total. The van der Waals surface area contributed by atoms with E-state index in [0.29, 0.717) is 25.2 Å². The second-order valence-electron chi connectivity index (χ2n) is 6.58. The Kier molecular flexibility index (Phi) is 5.75. The predicted molar refractivity (Wildman–Crippen MR) is 86.5 cm³/mol. The fraction of sp³-hybridized carbons (Fsp3) is 0.625. The Morgan fingerprint density at radius 1 is 1.30 bits per heavy atom. The summed E-state index contributed by atoms with van der Waals surface area (Å²) in [7, 11) is -3.14. The number of benzene rings is 1. The summed E-state index contributed by atoms with van der Waals surface area (Å²) in [6, 6.07) is 3.86. The first kappa shape index (κ1) is 18.3. The minimum Gasteiger partial charge on any atom is -0.309 e. The second-order valence-corrected chi connectivity index (χ2v) is 8.56. The van der Waals surface area contributed by atoms with Crippen molar-refractivity contribution in [1.29, 1.82) is 0 Å². The number of hydrogen-bond donors (Lipinski definition) is 1. The Balaban J connectivity index is 2.00. The maximum absolute atomic E-state index is 13.5. The molecule has 0 saturated carbocycles. The van der Waals surface area contributed by atoms with Gasteiger partial charge in [0.2, 0.25) is 10.0 Å². The number of nitrogens with one attached hydrogen (secondary N) is 1. The van der Waals surface area contributed by atoms with Crippen molar-refractivity contribution >= 4 is 10.0 Å². The molecule has 0 amide bonds. The van der Waals surface area contributed by atoms with Gasteiger partial charge in [0.25, 0.3) is 0 Å². The number of rotatable bonds is 6. The standard InChI is InChI=1S/C16H24F2N2O2S/c1-11(2)16(13-4-5-14(17)15(18)8-13)19-9-12-6-7-20(10-12)23(3,21)22/h4-5,8,11-12,16,19H,6-7,9-10H2,1-3H3/t12-,16-/m0/s1. The Hall–Kier alpha value is -1.05. The van der Waals surface area contributed by atoms with Crippen molar-refractivity contribution < 1.29 is 17.2 Å². The quantitative estimate of drug-likeness (QED) is 0.861. The number of halogens is 2. The van der Waals surface area contributed by atoms with Crippen molar-refractivity contribution in [1.82, 2.24) is 9.62 Å². The van der Waals surface area contributed by atoms with Gasteiger partial charge in [0.05, 0.1) is 6.26 Å². The molecule has 130 valence electrons. The lowest BCUT2D eigenvalue weighted by atomic mass is 9.95. The number of nitrogens with zero attached hydrogens (tertiary/aromatic N) is 1. The molecule has 0 spiro atoms. The third kappa shape index (κ3) is 4.71. The Bertz CT molecular complexity index is 649. The zero-order valence-corrected chi connectivity index (χ0v) is 14.5. The highest BCUT2D eigenvalue weighted by Crippen LogP contribution is 2.25. The molecule has 0 unspecified atom stereocenters. The van der Waals surface area contributed by atoms with Gasteiger partial charge in [-0.2, -0.15) is 0 Å². The van der Waals surface area contributed by atoms with Crippen LogP contribution in [0.15, 0.2) is 18.2 Å². The summed E-state index contributed by atoms with van der Waals surface area (Å²) in [6.45, 7) is 5.72. The molecule has 0 aliphatic carbocycles. The summed E-state index contributed by atoms with van der Waals surface area (Å²) in [4.78, 5) is 0. The van der Waals surface area contributed by atoms with E-state index in [1.54, 1.807) is 6.07 Å². The van der Waals surface area contributed by atoms with Crippen LogP contribution in [0.25, 0.3) is 0 Å². The summed E-state index contributed by atoms with van der Waals surface area (Å²) >= 11 is 0. The molecule has 0 radical (unpaired) electrons. The van der Waals surface area contributed by atoms with Gasteiger partial charge in [-0.1, -0.05) is 19.9 Å². The number of sulfonamides is 1. The minimum atomic E-state index is -3.14. The molecule has 1 N–H and O–H groups in total. The maximum atomic E-state index is 13.5.